The van der Waals surface area contributed by atoms with Crippen molar-refractivity contribution in [3.8, 4) is 28.6 Å². The molecule has 0 radical (unpaired) electrons. The van der Waals surface area contributed by atoms with Gasteiger partial charge in [0.05, 0.1) is 12.2 Å². The second-order valence-electron chi connectivity index (χ2n) is 7.99. The third-order valence-electron chi connectivity index (χ3n) is 4.90. The van der Waals surface area contributed by atoms with E-state index in [0.29, 0.717) is 17.6 Å². The van der Waals surface area contributed by atoms with Gasteiger partial charge in [-0.05, 0) is 73.9 Å². The van der Waals surface area contributed by atoms with Crippen LogP contribution in [0.15, 0.2) is 28.9 Å². The van der Waals surface area contributed by atoms with Crippen LogP contribution in [0.25, 0.3) is 22.8 Å². The lowest BCUT2D eigenvalue weighted by Gasteiger charge is -2.14. The van der Waals surface area contributed by atoms with E-state index < -0.39 is 0 Å². The van der Waals surface area contributed by atoms with Gasteiger partial charge in [0, 0.05) is 17.5 Å². The van der Waals surface area contributed by atoms with Crippen LogP contribution in [0.2, 0.25) is 0 Å². The molecule has 29 heavy (non-hydrogen) atoms. The van der Waals surface area contributed by atoms with E-state index in [0.717, 1.165) is 65.1 Å². The van der Waals surface area contributed by atoms with Crippen LogP contribution in [-0.4, -0.2) is 21.7 Å². The fourth-order valence-corrected chi connectivity index (χ4v) is 3.43. The molecule has 0 bridgehead atoms. The number of ether oxygens (including phenoxy) is 1. The second-order valence-corrected chi connectivity index (χ2v) is 7.99. The molecular weight excluding hydrogens is 362 g/mol. The van der Waals surface area contributed by atoms with Crippen LogP contribution in [0, 0.1) is 19.8 Å². The highest BCUT2D eigenvalue weighted by Crippen LogP contribution is 2.31. The van der Waals surface area contributed by atoms with Gasteiger partial charge in [-0.15, -0.1) is 0 Å². The summed E-state index contributed by atoms with van der Waals surface area (Å²) in [6, 6.07) is 6.24. The number of rotatable bonds is 8. The van der Waals surface area contributed by atoms with Gasteiger partial charge in [0.2, 0.25) is 5.82 Å². The summed E-state index contributed by atoms with van der Waals surface area (Å²) in [5, 5.41) is 4.22. The predicted octanol–water partition coefficient (Wildman–Crippen LogP) is 5.97. The van der Waals surface area contributed by atoms with Gasteiger partial charge in [0.25, 0.3) is 5.89 Å². The quantitative estimate of drug-likeness (QED) is 0.472. The molecule has 0 atom stereocenters. The highest BCUT2D eigenvalue weighted by atomic mass is 16.5. The molecule has 154 valence electrons. The molecule has 0 saturated heterocycles. The fraction of sp³-hybridized carbons (Fsp3) is 0.458. The summed E-state index contributed by atoms with van der Waals surface area (Å²) in [6.45, 7) is 13.5. The fourth-order valence-electron chi connectivity index (χ4n) is 3.43. The van der Waals surface area contributed by atoms with Crippen molar-refractivity contribution in [3.05, 3.63) is 46.8 Å². The number of pyridine rings is 1. The lowest BCUT2D eigenvalue weighted by molar-refractivity contribution is 0.312. The van der Waals surface area contributed by atoms with E-state index in [1.165, 1.54) is 0 Å². The number of benzene rings is 1. The first-order chi connectivity index (χ1) is 13.9. The van der Waals surface area contributed by atoms with E-state index in [2.05, 4.69) is 74.9 Å². The number of aryl methyl sites for hydroxylation is 3. The molecule has 0 fully saturated rings. The van der Waals surface area contributed by atoms with Gasteiger partial charge in [-0.2, -0.15) is 4.98 Å². The molecule has 0 aliphatic carbocycles. The Labute approximate surface area is 173 Å². The zero-order valence-corrected chi connectivity index (χ0v) is 18.4. The first-order valence-electron chi connectivity index (χ1n) is 10.5. The zero-order valence-electron chi connectivity index (χ0n) is 18.4. The van der Waals surface area contributed by atoms with Crippen molar-refractivity contribution in [1.29, 1.82) is 0 Å². The highest BCUT2D eigenvalue weighted by Gasteiger charge is 2.16. The van der Waals surface area contributed by atoms with E-state index in [1.54, 1.807) is 0 Å². The Morgan fingerprint density at radius 2 is 1.79 bits per heavy atom. The smallest absolute Gasteiger partial charge is 0.259 e. The molecular formula is C24H31N3O2. The molecule has 3 rings (SSSR count). The van der Waals surface area contributed by atoms with E-state index in [1.807, 2.05) is 6.20 Å². The van der Waals surface area contributed by atoms with E-state index in [4.69, 9.17) is 9.26 Å². The van der Waals surface area contributed by atoms with Crippen LogP contribution >= 0.6 is 0 Å². The van der Waals surface area contributed by atoms with Gasteiger partial charge in [0.15, 0.2) is 0 Å². The Balaban J connectivity index is 1.90. The topological polar surface area (TPSA) is 61.0 Å². The molecule has 1 aromatic carbocycles. The molecule has 0 spiro atoms. The highest BCUT2D eigenvalue weighted by molar-refractivity contribution is 5.64. The van der Waals surface area contributed by atoms with Gasteiger partial charge < -0.3 is 9.26 Å². The molecule has 0 aliphatic rings. The Bertz CT molecular complexity index is 976. The maximum absolute atomic E-state index is 5.95. The largest absolute Gasteiger partial charge is 0.493 e. The Hall–Kier alpha value is -2.69. The summed E-state index contributed by atoms with van der Waals surface area (Å²) in [5.74, 6) is 2.63. The molecule has 0 N–H and O–H groups in total. The predicted molar refractivity (Wildman–Crippen MR) is 116 cm³/mol. The monoisotopic (exact) mass is 393 g/mol. The summed E-state index contributed by atoms with van der Waals surface area (Å²) in [5.41, 5.74) is 6.32. The van der Waals surface area contributed by atoms with E-state index in [-0.39, 0.29) is 0 Å². The van der Waals surface area contributed by atoms with Gasteiger partial charge in [-0.1, -0.05) is 32.9 Å². The van der Waals surface area contributed by atoms with Crippen molar-refractivity contribution in [2.75, 3.05) is 6.61 Å². The second kappa shape index (κ2) is 9.21. The lowest BCUT2D eigenvalue weighted by atomic mass is 10.0. The van der Waals surface area contributed by atoms with Gasteiger partial charge >= 0.3 is 0 Å². The maximum Gasteiger partial charge on any atom is 0.259 e. The summed E-state index contributed by atoms with van der Waals surface area (Å²) >= 11 is 0. The first kappa shape index (κ1) is 21.0. The average molecular weight is 394 g/mol. The minimum Gasteiger partial charge on any atom is -0.493 e. The molecule has 0 amide bonds. The van der Waals surface area contributed by atoms with Crippen LogP contribution in [0.5, 0.6) is 5.75 Å². The number of nitrogens with zero attached hydrogens (tertiary/aromatic N) is 3. The van der Waals surface area contributed by atoms with Crippen LogP contribution in [0.3, 0.4) is 0 Å². The molecule has 2 aromatic heterocycles. The number of aromatic nitrogens is 3. The van der Waals surface area contributed by atoms with Crippen molar-refractivity contribution in [2.45, 2.75) is 60.8 Å². The average Bonchev–Trinajstić information content (AvgIpc) is 3.18. The molecule has 2 heterocycles. The third kappa shape index (κ3) is 4.84. The number of hydrogen-bond donors (Lipinski definition) is 0. The number of hydrogen-bond acceptors (Lipinski definition) is 5. The summed E-state index contributed by atoms with van der Waals surface area (Å²) < 4.78 is 11.5. The van der Waals surface area contributed by atoms with Gasteiger partial charge in [-0.3, -0.25) is 4.98 Å². The van der Waals surface area contributed by atoms with E-state index >= 15 is 0 Å². The van der Waals surface area contributed by atoms with Crippen molar-refractivity contribution in [3.63, 3.8) is 0 Å². The van der Waals surface area contributed by atoms with Crippen molar-refractivity contribution < 1.29 is 9.26 Å². The van der Waals surface area contributed by atoms with Gasteiger partial charge in [0.1, 0.15) is 5.75 Å². The van der Waals surface area contributed by atoms with Crippen LogP contribution in [0.4, 0.5) is 0 Å². The molecule has 0 unspecified atom stereocenters. The lowest BCUT2D eigenvalue weighted by Crippen LogP contribution is -2.01. The van der Waals surface area contributed by atoms with Crippen LogP contribution in [0.1, 0.15) is 56.5 Å². The Morgan fingerprint density at radius 1 is 1.03 bits per heavy atom. The third-order valence-corrected chi connectivity index (χ3v) is 4.90. The zero-order chi connectivity index (χ0) is 21.0. The minimum atomic E-state index is 0.494. The molecule has 5 nitrogen and oxygen atoms in total. The Kier molecular flexibility index (Phi) is 6.68. The normalized spacial score (nSPS) is 11.3. The van der Waals surface area contributed by atoms with Crippen molar-refractivity contribution in [2.24, 2.45) is 5.92 Å². The van der Waals surface area contributed by atoms with E-state index in [9.17, 15) is 0 Å². The standard InChI is InChI=1S/C24H31N3O2/c1-7-9-28-22-17(6)12-19(13-18(22)8-2)23-26-24(29-27-23)20-11-16(5)21(25-14-20)10-15(3)4/h11-15H,7-10H2,1-6H3. The van der Waals surface area contributed by atoms with Crippen LogP contribution in [-0.2, 0) is 12.8 Å². The van der Waals surface area contributed by atoms with Gasteiger partial charge in [-0.25, -0.2) is 0 Å². The summed E-state index contributed by atoms with van der Waals surface area (Å²) in [7, 11) is 0. The molecule has 3 aromatic rings. The Morgan fingerprint density at radius 3 is 2.45 bits per heavy atom. The SMILES string of the molecule is CCCOc1c(C)cc(-c2noc(-c3cnc(CC(C)C)c(C)c3)n2)cc1CC. The maximum atomic E-state index is 5.95. The molecule has 0 aliphatic heterocycles. The van der Waals surface area contributed by atoms with Crippen molar-refractivity contribution in [1.82, 2.24) is 15.1 Å². The first-order valence-corrected chi connectivity index (χ1v) is 10.5. The van der Waals surface area contributed by atoms with Crippen molar-refractivity contribution >= 4 is 0 Å². The van der Waals surface area contributed by atoms with Crippen LogP contribution < -0.4 is 4.74 Å². The minimum absolute atomic E-state index is 0.494. The molecule has 5 heteroatoms. The molecule has 0 saturated carbocycles. The summed E-state index contributed by atoms with van der Waals surface area (Å²) in [4.78, 5) is 9.25. The summed E-state index contributed by atoms with van der Waals surface area (Å²) in [6.07, 6.45) is 4.67.